The summed E-state index contributed by atoms with van der Waals surface area (Å²) in [5, 5.41) is 3.92. The molecule has 3 aromatic rings. The van der Waals surface area contributed by atoms with Crippen LogP contribution in [0.15, 0.2) is 59.1 Å². The van der Waals surface area contributed by atoms with E-state index in [-0.39, 0.29) is 17.7 Å². The Kier molecular flexibility index (Phi) is 5.12. The maximum Gasteiger partial charge on any atom is 0.337 e. The van der Waals surface area contributed by atoms with E-state index in [1.54, 1.807) is 36.1 Å². The minimum atomic E-state index is -0.429. The van der Waals surface area contributed by atoms with Gasteiger partial charge < -0.3 is 14.2 Å². The van der Waals surface area contributed by atoms with Crippen molar-refractivity contribution < 1.29 is 18.8 Å². The summed E-state index contributed by atoms with van der Waals surface area (Å²) in [6.45, 7) is 2.82. The van der Waals surface area contributed by atoms with Gasteiger partial charge in [0.2, 0.25) is 5.89 Å². The van der Waals surface area contributed by atoms with E-state index in [0.717, 1.165) is 5.56 Å². The smallest absolute Gasteiger partial charge is 0.337 e. The summed E-state index contributed by atoms with van der Waals surface area (Å²) in [5.74, 6) is 0.594. The van der Waals surface area contributed by atoms with Crippen LogP contribution in [0.2, 0.25) is 0 Å². The van der Waals surface area contributed by atoms with E-state index in [9.17, 15) is 9.59 Å². The van der Waals surface area contributed by atoms with E-state index in [1.807, 2.05) is 18.2 Å². The highest BCUT2D eigenvalue weighted by Gasteiger charge is 2.40. The van der Waals surface area contributed by atoms with Gasteiger partial charge in [-0.05, 0) is 36.8 Å². The molecule has 0 unspecified atom stereocenters. The van der Waals surface area contributed by atoms with Crippen molar-refractivity contribution in [3.8, 4) is 0 Å². The van der Waals surface area contributed by atoms with E-state index >= 15 is 0 Å². The molecule has 29 heavy (non-hydrogen) atoms. The number of aromatic nitrogens is 2. The highest BCUT2D eigenvalue weighted by atomic mass is 16.5. The fourth-order valence-corrected chi connectivity index (χ4v) is 3.77. The van der Waals surface area contributed by atoms with Crippen molar-refractivity contribution in [2.75, 3.05) is 20.2 Å². The molecule has 1 saturated heterocycles. The van der Waals surface area contributed by atoms with Crippen LogP contribution in [0.5, 0.6) is 0 Å². The molecule has 0 saturated carbocycles. The molecule has 4 rings (SSSR count). The van der Waals surface area contributed by atoms with E-state index in [0.29, 0.717) is 35.9 Å². The zero-order chi connectivity index (χ0) is 20.4. The molecule has 1 amide bonds. The van der Waals surface area contributed by atoms with Crippen LogP contribution in [-0.4, -0.2) is 47.1 Å². The third-order valence-electron chi connectivity index (χ3n) is 5.25. The van der Waals surface area contributed by atoms with Crippen LogP contribution in [0.3, 0.4) is 0 Å². The molecule has 1 fully saturated rings. The minimum Gasteiger partial charge on any atom is -0.465 e. The third kappa shape index (κ3) is 3.76. The second-order valence-electron chi connectivity index (χ2n) is 7.08. The summed E-state index contributed by atoms with van der Waals surface area (Å²) in [7, 11) is 1.33. The molecule has 7 heteroatoms. The van der Waals surface area contributed by atoms with E-state index in [4.69, 9.17) is 9.26 Å². The van der Waals surface area contributed by atoms with Gasteiger partial charge in [0.1, 0.15) is 0 Å². The first-order valence-electron chi connectivity index (χ1n) is 9.39. The lowest BCUT2D eigenvalue weighted by molar-refractivity contribution is 0.0600. The van der Waals surface area contributed by atoms with Gasteiger partial charge in [-0.2, -0.15) is 4.98 Å². The molecule has 2 heterocycles. The quantitative estimate of drug-likeness (QED) is 0.635. The Hall–Kier alpha value is -3.48. The Labute approximate surface area is 168 Å². The van der Waals surface area contributed by atoms with Gasteiger partial charge in [-0.25, -0.2) is 4.79 Å². The summed E-state index contributed by atoms with van der Waals surface area (Å²) in [4.78, 5) is 30.9. The number of likely N-dealkylation sites (tertiary alicyclic amines) is 1. The molecular weight excluding hydrogens is 370 g/mol. The monoisotopic (exact) mass is 391 g/mol. The lowest BCUT2D eigenvalue weighted by Crippen LogP contribution is -2.28. The van der Waals surface area contributed by atoms with Gasteiger partial charge in [0.25, 0.3) is 5.91 Å². The van der Waals surface area contributed by atoms with Crippen LogP contribution >= 0.6 is 0 Å². The zero-order valence-electron chi connectivity index (χ0n) is 16.2. The molecular formula is C22H21N3O4. The number of carbonyl (C=O) groups excluding carboxylic acids is 2. The molecule has 2 aromatic carbocycles. The van der Waals surface area contributed by atoms with Gasteiger partial charge in [-0.3, -0.25) is 4.79 Å². The van der Waals surface area contributed by atoms with Gasteiger partial charge >= 0.3 is 5.97 Å². The average Bonchev–Trinajstić information content (AvgIpc) is 3.40. The average molecular weight is 391 g/mol. The van der Waals surface area contributed by atoms with Crippen LogP contribution < -0.4 is 0 Å². The number of rotatable bonds is 4. The van der Waals surface area contributed by atoms with Crippen LogP contribution in [-0.2, 0) is 4.74 Å². The maximum atomic E-state index is 13.1. The van der Waals surface area contributed by atoms with Crippen molar-refractivity contribution in [2.45, 2.75) is 18.8 Å². The lowest BCUT2D eigenvalue weighted by atomic mass is 9.89. The van der Waals surface area contributed by atoms with Gasteiger partial charge in [-0.15, -0.1) is 0 Å². The van der Waals surface area contributed by atoms with Gasteiger partial charge in [-0.1, -0.05) is 35.5 Å². The van der Waals surface area contributed by atoms with Crippen molar-refractivity contribution in [3.05, 3.63) is 83.0 Å². The van der Waals surface area contributed by atoms with E-state index in [2.05, 4.69) is 22.3 Å². The van der Waals surface area contributed by atoms with Gasteiger partial charge in [0.05, 0.1) is 18.6 Å². The molecule has 0 bridgehead atoms. The second kappa shape index (κ2) is 7.87. The fraction of sp³-hybridized carbons (Fsp3) is 0.273. The Morgan fingerprint density at radius 2 is 1.66 bits per heavy atom. The van der Waals surface area contributed by atoms with Crippen molar-refractivity contribution >= 4 is 11.9 Å². The largest absolute Gasteiger partial charge is 0.465 e. The highest BCUT2D eigenvalue weighted by molar-refractivity contribution is 5.96. The van der Waals surface area contributed by atoms with Crippen molar-refractivity contribution in [3.63, 3.8) is 0 Å². The Balaban J connectivity index is 1.59. The number of hydrogen-bond donors (Lipinski definition) is 0. The van der Waals surface area contributed by atoms with Crippen LogP contribution in [0.1, 0.15) is 49.8 Å². The minimum absolute atomic E-state index is 0.0642. The van der Waals surface area contributed by atoms with Crippen molar-refractivity contribution in [1.82, 2.24) is 15.0 Å². The van der Waals surface area contributed by atoms with E-state index < -0.39 is 5.97 Å². The van der Waals surface area contributed by atoms with Crippen molar-refractivity contribution in [1.29, 1.82) is 0 Å². The summed E-state index contributed by atoms with van der Waals surface area (Å²) in [5.41, 5.74) is 2.06. The Morgan fingerprint density at radius 1 is 1.00 bits per heavy atom. The molecule has 1 aromatic heterocycles. The fourth-order valence-electron chi connectivity index (χ4n) is 3.77. The number of amides is 1. The summed E-state index contributed by atoms with van der Waals surface area (Å²) < 4.78 is 10.1. The Morgan fingerprint density at radius 3 is 2.28 bits per heavy atom. The topological polar surface area (TPSA) is 85.5 Å². The molecule has 0 aliphatic carbocycles. The number of aryl methyl sites for hydroxylation is 1. The first-order valence-corrected chi connectivity index (χ1v) is 9.39. The third-order valence-corrected chi connectivity index (χ3v) is 5.25. The highest BCUT2D eigenvalue weighted by Crippen LogP contribution is 2.39. The van der Waals surface area contributed by atoms with Crippen LogP contribution in [0.4, 0.5) is 0 Å². The Bertz CT molecular complexity index is 1010. The molecule has 0 spiro atoms. The molecule has 1 aliphatic heterocycles. The van der Waals surface area contributed by atoms with Gasteiger partial charge in [0, 0.05) is 24.6 Å². The number of carbonyl (C=O) groups is 2. The summed E-state index contributed by atoms with van der Waals surface area (Å²) in [6, 6.07) is 16.6. The normalized spacial score (nSPS) is 18.6. The number of esters is 1. The predicted octanol–water partition coefficient (Wildman–Crippen LogP) is 3.19. The predicted molar refractivity (Wildman–Crippen MR) is 105 cm³/mol. The number of nitrogens with zero attached hydrogens (tertiary/aromatic N) is 3. The SMILES string of the molecule is COC(=O)c1ccc(C(=O)N2C[C@H](c3ccccc3)[C@@H](c3nc(C)no3)C2)cc1. The number of ether oxygens (including phenoxy) is 1. The number of methoxy groups -OCH3 is 1. The molecule has 1 aliphatic rings. The van der Waals surface area contributed by atoms with Crippen LogP contribution in [0, 0.1) is 6.92 Å². The first kappa shape index (κ1) is 18.9. The molecule has 148 valence electrons. The maximum absolute atomic E-state index is 13.1. The summed E-state index contributed by atoms with van der Waals surface area (Å²) in [6.07, 6.45) is 0. The first-order chi connectivity index (χ1) is 14.1. The zero-order valence-corrected chi connectivity index (χ0v) is 16.2. The van der Waals surface area contributed by atoms with Crippen LogP contribution in [0.25, 0.3) is 0 Å². The van der Waals surface area contributed by atoms with Crippen molar-refractivity contribution in [2.24, 2.45) is 0 Å². The van der Waals surface area contributed by atoms with E-state index in [1.165, 1.54) is 7.11 Å². The lowest BCUT2D eigenvalue weighted by Gasteiger charge is -2.17. The molecule has 7 nitrogen and oxygen atoms in total. The second-order valence-corrected chi connectivity index (χ2v) is 7.08. The number of hydrogen-bond acceptors (Lipinski definition) is 6. The van der Waals surface area contributed by atoms with Gasteiger partial charge in [0.15, 0.2) is 5.82 Å². The summed E-state index contributed by atoms with van der Waals surface area (Å²) >= 11 is 0. The molecule has 2 atom stereocenters. The number of benzene rings is 2. The molecule has 0 radical (unpaired) electrons. The standard InChI is InChI=1S/C22H21N3O4/c1-14-23-20(29-24-14)19-13-25(12-18(19)15-6-4-3-5-7-15)21(26)16-8-10-17(11-9-16)22(27)28-2/h3-11,18-19H,12-13H2,1-2H3/t18-,19+/m1/s1. The molecule has 0 N–H and O–H groups in total.